The minimum atomic E-state index is 0.852. The summed E-state index contributed by atoms with van der Waals surface area (Å²) in [5.74, 6) is 0. The van der Waals surface area contributed by atoms with E-state index >= 15 is 0 Å². The van der Waals surface area contributed by atoms with E-state index in [0.717, 1.165) is 17.7 Å². The van der Waals surface area contributed by atoms with Gasteiger partial charge in [-0.2, -0.15) is 0 Å². The summed E-state index contributed by atoms with van der Waals surface area (Å²) < 4.78 is 0. The first-order valence-electron chi connectivity index (χ1n) is 4.29. The minimum absolute atomic E-state index is 0.852. The van der Waals surface area contributed by atoms with Crippen LogP contribution in [0.4, 0.5) is 0 Å². The van der Waals surface area contributed by atoms with Crippen molar-refractivity contribution in [3.8, 4) is 0 Å². The fourth-order valence-electron chi connectivity index (χ4n) is 1.14. The standard InChI is InChI=1S/C11H15N/c1-3-9-6-5-7-10(8-9)11(12)4-2/h4-8H,3,12H2,1-2H3/b11-4+. The van der Waals surface area contributed by atoms with Gasteiger partial charge >= 0.3 is 0 Å². The Bertz CT molecular complexity index is 287. The van der Waals surface area contributed by atoms with Gasteiger partial charge in [0.15, 0.2) is 0 Å². The van der Waals surface area contributed by atoms with Gasteiger partial charge in [0.2, 0.25) is 0 Å². The molecule has 1 aromatic carbocycles. The second-order valence-electron chi connectivity index (χ2n) is 2.80. The maximum Gasteiger partial charge on any atom is 0.0344 e. The molecule has 0 aliphatic carbocycles. The van der Waals surface area contributed by atoms with E-state index in [0.29, 0.717) is 0 Å². The molecule has 1 nitrogen and oxygen atoms in total. The molecule has 0 fully saturated rings. The van der Waals surface area contributed by atoms with E-state index in [1.165, 1.54) is 5.56 Å². The monoisotopic (exact) mass is 161 g/mol. The molecular weight excluding hydrogens is 146 g/mol. The molecule has 1 rings (SSSR count). The van der Waals surface area contributed by atoms with E-state index in [2.05, 4.69) is 19.1 Å². The maximum atomic E-state index is 5.78. The molecule has 0 spiro atoms. The van der Waals surface area contributed by atoms with Crippen molar-refractivity contribution in [3.05, 3.63) is 41.5 Å². The molecule has 1 aromatic rings. The smallest absolute Gasteiger partial charge is 0.0344 e. The van der Waals surface area contributed by atoms with Crippen LogP contribution in [-0.2, 0) is 6.42 Å². The van der Waals surface area contributed by atoms with Gasteiger partial charge in [-0.15, -0.1) is 0 Å². The van der Waals surface area contributed by atoms with Gasteiger partial charge in [-0.3, -0.25) is 0 Å². The number of hydrogen-bond acceptors (Lipinski definition) is 1. The minimum Gasteiger partial charge on any atom is -0.399 e. The Balaban J connectivity index is 3.02. The summed E-state index contributed by atoms with van der Waals surface area (Å²) in [6.07, 6.45) is 2.99. The van der Waals surface area contributed by atoms with Crippen molar-refractivity contribution in [2.24, 2.45) is 5.73 Å². The van der Waals surface area contributed by atoms with Gasteiger partial charge in [0.05, 0.1) is 0 Å². The predicted molar refractivity (Wildman–Crippen MR) is 53.7 cm³/mol. The van der Waals surface area contributed by atoms with E-state index in [-0.39, 0.29) is 0 Å². The molecule has 0 unspecified atom stereocenters. The molecule has 0 saturated carbocycles. The molecule has 0 aromatic heterocycles. The summed E-state index contributed by atoms with van der Waals surface area (Å²) in [6, 6.07) is 8.33. The summed E-state index contributed by atoms with van der Waals surface area (Å²) in [4.78, 5) is 0. The highest BCUT2D eigenvalue weighted by atomic mass is 14.6. The zero-order valence-electron chi connectivity index (χ0n) is 7.67. The Morgan fingerprint density at radius 2 is 2.25 bits per heavy atom. The third kappa shape index (κ3) is 1.88. The van der Waals surface area contributed by atoms with Gasteiger partial charge < -0.3 is 5.73 Å². The molecular formula is C11H15N. The number of hydrogen-bond donors (Lipinski definition) is 1. The topological polar surface area (TPSA) is 26.0 Å². The van der Waals surface area contributed by atoms with E-state index in [9.17, 15) is 0 Å². The lowest BCUT2D eigenvalue weighted by molar-refractivity contribution is 1.14. The van der Waals surface area contributed by atoms with Crippen LogP contribution in [0, 0.1) is 0 Å². The molecule has 0 amide bonds. The van der Waals surface area contributed by atoms with Gasteiger partial charge in [-0.05, 0) is 30.5 Å². The Morgan fingerprint density at radius 1 is 1.50 bits per heavy atom. The summed E-state index contributed by atoms with van der Waals surface area (Å²) >= 11 is 0. The molecule has 0 bridgehead atoms. The fourth-order valence-corrected chi connectivity index (χ4v) is 1.14. The van der Waals surface area contributed by atoms with Gasteiger partial charge in [0, 0.05) is 5.70 Å². The molecule has 0 aliphatic rings. The number of rotatable bonds is 2. The van der Waals surface area contributed by atoms with Gasteiger partial charge in [0.25, 0.3) is 0 Å². The Labute approximate surface area is 73.9 Å². The van der Waals surface area contributed by atoms with Crippen LogP contribution in [0.1, 0.15) is 25.0 Å². The summed E-state index contributed by atoms with van der Waals surface area (Å²) in [5, 5.41) is 0. The second-order valence-corrected chi connectivity index (χ2v) is 2.80. The first-order chi connectivity index (χ1) is 5.77. The summed E-state index contributed by atoms with van der Waals surface area (Å²) in [6.45, 7) is 4.10. The summed E-state index contributed by atoms with van der Waals surface area (Å²) in [7, 11) is 0. The molecule has 2 N–H and O–H groups in total. The molecule has 0 aliphatic heterocycles. The molecule has 0 radical (unpaired) electrons. The van der Waals surface area contributed by atoms with Crippen LogP contribution in [0.2, 0.25) is 0 Å². The predicted octanol–water partition coefficient (Wildman–Crippen LogP) is 2.57. The quantitative estimate of drug-likeness (QED) is 0.708. The van der Waals surface area contributed by atoms with Crippen molar-refractivity contribution in [1.82, 2.24) is 0 Å². The van der Waals surface area contributed by atoms with Crippen molar-refractivity contribution in [2.45, 2.75) is 20.3 Å². The van der Waals surface area contributed by atoms with E-state index in [1.54, 1.807) is 0 Å². The van der Waals surface area contributed by atoms with Crippen LogP contribution in [0.15, 0.2) is 30.3 Å². The first-order valence-corrected chi connectivity index (χ1v) is 4.29. The highest BCUT2D eigenvalue weighted by Crippen LogP contribution is 2.11. The average Bonchev–Trinajstić information content (AvgIpc) is 2.17. The van der Waals surface area contributed by atoms with Gasteiger partial charge in [-0.25, -0.2) is 0 Å². The van der Waals surface area contributed by atoms with Gasteiger partial charge in [-0.1, -0.05) is 31.2 Å². The Kier molecular flexibility index (Phi) is 2.92. The number of allylic oxidation sites excluding steroid dienone is 1. The Morgan fingerprint density at radius 3 is 2.83 bits per heavy atom. The maximum absolute atomic E-state index is 5.78. The van der Waals surface area contributed by atoms with Crippen molar-refractivity contribution < 1.29 is 0 Å². The van der Waals surface area contributed by atoms with Crippen LogP contribution >= 0.6 is 0 Å². The average molecular weight is 161 g/mol. The lowest BCUT2D eigenvalue weighted by Gasteiger charge is -2.02. The Hall–Kier alpha value is -1.24. The van der Waals surface area contributed by atoms with E-state index < -0.39 is 0 Å². The van der Waals surface area contributed by atoms with E-state index in [1.807, 2.05) is 25.1 Å². The van der Waals surface area contributed by atoms with Crippen molar-refractivity contribution in [3.63, 3.8) is 0 Å². The van der Waals surface area contributed by atoms with Crippen LogP contribution < -0.4 is 5.73 Å². The lowest BCUT2D eigenvalue weighted by atomic mass is 10.1. The van der Waals surface area contributed by atoms with E-state index in [4.69, 9.17) is 5.73 Å². The van der Waals surface area contributed by atoms with Crippen molar-refractivity contribution >= 4 is 5.70 Å². The molecule has 0 heterocycles. The largest absolute Gasteiger partial charge is 0.399 e. The second kappa shape index (κ2) is 3.96. The molecule has 1 heteroatoms. The normalized spacial score (nSPS) is 11.7. The molecule has 64 valence electrons. The van der Waals surface area contributed by atoms with Crippen LogP contribution in [0.5, 0.6) is 0 Å². The number of nitrogens with two attached hydrogens (primary N) is 1. The molecule has 0 saturated heterocycles. The van der Waals surface area contributed by atoms with Crippen molar-refractivity contribution in [2.75, 3.05) is 0 Å². The van der Waals surface area contributed by atoms with Crippen LogP contribution in [0.25, 0.3) is 5.70 Å². The third-order valence-corrected chi connectivity index (χ3v) is 1.98. The van der Waals surface area contributed by atoms with Crippen LogP contribution in [0.3, 0.4) is 0 Å². The first kappa shape index (κ1) is 8.85. The molecule has 12 heavy (non-hydrogen) atoms. The zero-order valence-corrected chi connectivity index (χ0v) is 7.67. The van der Waals surface area contributed by atoms with Crippen molar-refractivity contribution in [1.29, 1.82) is 0 Å². The third-order valence-electron chi connectivity index (χ3n) is 1.98. The zero-order chi connectivity index (χ0) is 8.97. The van der Waals surface area contributed by atoms with Crippen LogP contribution in [-0.4, -0.2) is 0 Å². The lowest BCUT2D eigenvalue weighted by Crippen LogP contribution is -1.95. The molecule has 0 atom stereocenters. The fraction of sp³-hybridized carbons (Fsp3) is 0.273. The highest BCUT2D eigenvalue weighted by molar-refractivity contribution is 5.62. The van der Waals surface area contributed by atoms with Gasteiger partial charge in [0.1, 0.15) is 0 Å². The SMILES string of the molecule is C/C=C(/N)c1cccc(CC)c1. The summed E-state index contributed by atoms with van der Waals surface area (Å²) in [5.41, 5.74) is 9.08. The number of aryl methyl sites for hydroxylation is 1. The number of benzene rings is 1. The highest BCUT2D eigenvalue weighted by Gasteiger charge is 1.95.